The summed E-state index contributed by atoms with van der Waals surface area (Å²) < 4.78 is 0. The van der Waals surface area contributed by atoms with Gasteiger partial charge in [-0.2, -0.15) is 0 Å². The third kappa shape index (κ3) is 4.44. The molecule has 1 fully saturated rings. The Kier molecular flexibility index (Phi) is 6.50. The Morgan fingerprint density at radius 3 is 2.57 bits per heavy atom. The van der Waals surface area contributed by atoms with Crippen LogP contribution in [0.15, 0.2) is 12.1 Å². The first-order valence-corrected chi connectivity index (χ1v) is 8.70. The van der Waals surface area contributed by atoms with Crippen LogP contribution in [-0.4, -0.2) is 24.1 Å². The highest BCUT2D eigenvalue weighted by Crippen LogP contribution is 2.26. The van der Waals surface area contributed by atoms with Gasteiger partial charge in [0.05, 0.1) is 0 Å². The first-order valence-electron chi connectivity index (χ1n) is 8.70. The molecule has 3 nitrogen and oxygen atoms in total. The smallest absolute Gasteiger partial charge is 0.129 e. The van der Waals surface area contributed by atoms with Crippen molar-refractivity contribution in [2.45, 2.75) is 71.9 Å². The van der Waals surface area contributed by atoms with Crippen LogP contribution in [0.3, 0.4) is 0 Å². The minimum atomic E-state index is 0.694. The van der Waals surface area contributed by atoms with E-state index in [1.54, 1.807) is 0 Å². The van der Waals surface area contributed by atoms with Gasteiger partial charge in [-0.25, -0.2) is 4.98 Å². The van der Waals surface area contributed by atoms with Crippen LogP contribution in [0.4, 0.5) is 5.82 Å². The average Bonchev–Trinajstić information content (AvgIpc) is 2.51. The van der Waals surface area contributed by atoms with E-state index >= 15 is 0 Å². The summed E-state index contributed by atoms with van der Waals surface area (Å²) in [6, 6.07) is 5.17. The van der Waals surface area contributed by atoms with E-state index in [-0.39, 0.29) is 0 Å². The zero-order valence-electron chi connectivity index (χ0n) is 14.0. The lowest BCUT2D eigenvalue weighted by molar-refractivity contribution is 0.416. The third-order valence-electron chi connectivity index (χ3n) is 4.57. The molecule has 3 heteroatoms. The number of hydrogen-bond donors (Lipinski definition) is 1. The first kappa shape index (κ1) is 16.3. The second kappa shape index (κ2) is 8.38. The van der Waals surface area contributed by atoms with Crippen molar-refractivity contribution in [3.05, 3.63) is 23.4 Å². The molecule has 21 heavy (non-hydrogen) atoms. The van der Waals surface area contributed by atoms with Gasteiger partial charge in [0, 0.05) is 24.8 Å². The minimum absolute atomic E-state index is 0.694. The average molecular weight is 289 g/mol. The Morgan fingerprint density at radius 2 is 1.95 bits per heavy atom. The van der Waals surface area contributed by atoms with Gasteiger partial charge in [0.25, 0.3) is 0 Å². The van der Waals surface area contributed by atoms with Crippen LogP contribution in [-0.2, 0) is 6.54 Å². The SMILES string of the molecule is CCCNCc1ccc(N(CC)C2CCCCC2)nc1C. The summed E-state index contributed by atoms with van der Waals surface area (Å²) in [6.07, 6.45) is 7.99. The summed E-state index contributed by atoms with van der Waals surface area (Å²) in [6.45, 7) is 9.66. The molecule has 1 N–H and O–H groups in total. The molecule has 0 spiro atoms. The van der Waals surface area contributed by atoms with Gasteiger partial charge in [0.2, 0.25) is 0 Å². The highest BCUT2D eigenvalue weighted by atomic mass is 15.2. The Balaban J connectivity index is 2.05. The molecule has 0 amide bonds. The quantitative estimate of drug-likeness (QED) is 0.768. The highest BCUT2D eigenvalue weighted by Gasteiger charge is 2.21. The van der Waals surface area contributed by atoms with Gasteiger partial charge in [0.1, 0.15) is 5.82 Å². The van der Waals surface area contributed by atoms with Crippen LogP contribution in [0.5, 0.6) is 0 Å². The predicted molar refractivity (Wildman–Crippen MR) is 90.9 cm³/mol. The van der Waals surface area contributed by atoms with E-state index in [0.29, 0.717) is 6.04 Å². The number of nitrogens with one attached hydrogen (secondary N) is 1. The lowest BCUT2D eigenvalue weighted by atomic mass is 9.94. The fourth-order valence-corrected chi connectivity index (χ4v) is 3.32. The number of pyridine rings is 1. The molecule has 0 unspecified atom stereocenters. The molecule has 1 aliphatic carbocycles. The van der Waals surface area contributed by atoms with Gasteiger partial charge in [-0.3, -0.25) is 0 Å². The molecule has 0 atom stereocenters. The van der Waals surface area contributed by atoms with Crippen molar-refractivity contribution < 1.29 is 0 Å². The maximum Gasteiger partial charge on any atom is 0.129 e. The summed E-state index contributed by atoms with van der Waals surface area (Å²) in [5.41, 5.74) is 2.50. The number of hydrogen-bond acceptors (Lipinski definition) is 3. The van der Waals surface area contributed by atoms with Crippen molar-refractivity contribution >= 4 is 5.82 Å². The molecule has 0 bridgehead atoms. The van der Waals surface area contributed by atoms with Gasteiger partial charge in [-0.15, -0.1) is 0 Å². The van der Waals surface area contributed by atoms with Crippen LogP contribution < -0.4 is 10.2 Å². The van der Waals surface area contributed by atoms with Crippen molar-refractivity contribution in [1.82, 2.24) is 10.3 Å². The van der Waals surface area contributed by atoms with Crippen molar-refractivity contribution in [1.29, 1.82) is 0 Å². The molecule has 1 aliphatic rings. The molecular formula is C18H31N3. The normalized spacial score (nSPS) is 16.1. The van der Waals surface area contributed by atoms with E-state index in [0.717, 1.165) is 19.6 Å². The Morgan fingerprint density at radius 1 is 1.19 bits per heavy atom. The summed E-state index contributed by atoms with van der Waals surface area (Å²) in [4.78, 5) is 7.39. The van der Waals surface area contributed by atoms with Crippen molar-refractivity contribution in [2.75, 3.05) is 18.0 Å². The number of nitrogens with zero attached hydrogens (tertiary/aromatic N) is 2. The molecule has 1 heterocycles. The van der Waals surface area contributed by atoms with E-state index in [2.05, 4.69) is 43.1 Å². The predicted octanol–water partition coefficient (Wildman–Crippen LogP) is 4.05. The minimum Gasteiger partial charge on any atom is -0.354 e. The fourth-order valence-electron chi connectivity index (χ4n) is 3.32. The Labute approximate surface area is 130 Å². The van der Waals surface area contributed by atoms with Crippen molar-refractivity contribution in [3.8, 4) is 0 Å². The van der Waals surface area contributed by atoms with E-state index in [4.69, 9.17) is 4.98 Å². The van der Waals surface area contributed by atoms with Gasteiger partial charge in [-0.05, 0) is 51.3 Å². The van der Waals surface area contributed by atoms with Crippen LogP contribution in [0.2, 0.25) is 0 Å². The largest absolute Gasteiger partial charge is 0.354 e. The topological polar surface area (TPSA) is 28.2 Å². The molecule has 1 saturated carbocycles. The van der Waals surface area contributed by atoms with Crippen LogP contribution in [0.1, 0.15) is 63.6 Å². The van der Waals surface area contributed by atoms with Crippen LogP contribution in [0, 0.1) is 6.92 Å². The second-order valence-corrected chi connectivity index (χ2v) is 6.17. The second-order valence-electron chi connectivity index (χ2n) is 6.17. The Hall–Kier alpha value is -1.09. The molecule has 0 aromatic carbocycles. The van der Waals surface area contributed by atoms with E-state index in [9.17, 15) is 0 Å². The van der Waals surface area contributed by atoms with E-state index in [1.807, 2.05) is 0 Å². The van der Waals surface area contributed by atoms with Gasteiger partial charge < -0.3 is 10.2 Å². The van der Waals surface area contributed by atoms with Crippen molar-refractivity contribution in [2.24, 2.45) is 0 Å². The zero-order valence-corrected chi connectivity index (χ0v) is 14.0. The molecule has 0 radical (unpaired) electrons. The Bertz CT molecular complexity index is 424. The van der Waals surface area contributed by atoms with Crippen molar-refractivity contribution in [3.63, 3.8) is 0 Å². The third-order valence-corrected chi connectivity index (χ3v) is 4.57. The van der Waals surface area contributed by atoms with Crippen LogP contribution >= 0.6 is 0 Å². The molecular weight excluding hydrogens is 258 g/mol. The standard InChI is InChI=1S/C18H31N3/c1-4-13-19-14-16-11-12-18(20-15(16)3)21(5-2)17-9-7-6-8-10-17/h11-12,17,19H,4-10,13-14H2,1-3H3. The van der Waals surface area contributed by atoms with E-state index in [1.165, 1.54) is 55.6 Å². The number of aromatic nitrogens is 1. The summed E-state index contributed by atoms with van der Waals surface area (Å²) in [5.74, 6) is 1.17. The zero-order chi connectivity index (χ0) is 15.1. The molecule has 118 valence electrons. The van der Waals surface area contributed by atoms with Gasteiger partial charge in [0.15, 0.2) is 0 Å². The van der Waals surface area contributed by atoms with Gasteiger partial charge in [-0.1, -0.05) is 32.3 Å². The highest BCUT2D eigenvalue weighted by molar-refractivity contribution is 5.42. The summed E-state index contributed by atoms with van der Waals surface area (Å²) >= 11 is 0. The first-order chi connectivity index (χ1) is 10.3. The maximum absolute atomic E-state index is 4.88. The molecule has 0 saturated heterocycles. The number of aryl methyl sites for hydroxylation is 1. The molecule has 1 aromatic rings. The van der Waals surface area contributed by atoms with Crippen LogP contribution in [0.25, 0.3) is 0 Å². The fraction of sp³-hybridized carbons (Fsp3) is 0.722. The molecule has 0 aliphatic heterocycles. The lowest BCUT2D eigenvalue weighted by Gasteiger charge is -2.34. The summed E-state index contributed by atoms with van der Waals surface area (Å²) in [5, 5.41) is 3.46. The number of anilines is 1. The molecule has 2 rings (SSSR count). The van der Waals surface area contributed by atoms with E-state index < -0.39 is 0 Å². The monoisotopic (exact) mass is 289 g/mol. The number of rotatable bonds is 7. The summed E-state index contributed by atoms with van der Waals surface area (Å²) in [7, 11) is 0. The molecule has 1 aromatic heterocycles. The van der Waals surface area contributed by atoms with Gasteiger partial charge >= 0.3 is 0 Å². The maximum atomic E-state index is 4.88. The lowest BCUT2D eigenvalue weighted by Crippen LogP contribution is -2.37.